The molecule has 1 N–H and O–H groups in total. The zero-order valence-electron chi connectivity index (χ0n) is 9.48. The number of carbonyl (C=O) groups is 1. The molecule has 0 spiro atoms. The van der Waals surface area contributed by atoms with Crippen molar-refractivity contribution >= 4 is 5.97 Å². The molecule has 1 fully saturated rings. The molecule has 3 nitrogen and oxygen atoms in total. The topological polar surface area (TPSA) is 38.3 Å². The predicted molar refractivity (Wildman–Crippen MR) is 62.2 cm³/mol. The van der Waals surface area contributed by atoms with E-state index >= 15 is 0 Å². The van der Waals surface area contributed by atoms with Gasteiger partial charge < -0.3 is 10.1 Å². The molecule has 2 atom stereocenters. The van der Waals surface area contributed by atoms with Gasteiger partial charge in [0.25, 0.3) is 0 Å². The summed E-state index contributed by atoms with van der Waals surface area (Å²) in [6, 6.07) is 10.2. The molecular weight excluding hydrogens is 202 g/mol. The van der Waals surface area contributed by atoms with Gasteiger partial charge in [-0.15, -0.1) is 0 Å². The highest BCUT2D eigenvalue weighted by Gasteiger charge is 2.32. The van der Waals surface area contributed by atoms with Crippen molar-refractivity contribution in [3.8, 4) is 0 Å². The summed E-state index contributed by atoms with van der Waals surface area (Å²) in [6.45, 7) is 1.74. The van der Waals surface area contributed by atoms with Crippen LogP contribution in [0.2, 0.25) is 0 Å². The smallest absolute Gasteiger partial charge is 0.309 e. The van der Waals surface area contributed by atoms with E-state index in [0.29, 0.717) is 0 Å². The lowest BCUT2D eigenvalue weighted by Crippen LogP contribution is -2.39. The van der Waals surface area contributed by atoms with E-state index in [1.54, 1.807) is 0 Å². The van der Waals surface area contributed by atoms with Crippen LogP contribution in [-0.2, 0) is 9.53 Å². The van der Waals surface area contributed by atoms with Gasteiger partial charge in [-0.05, 0) is 18.5 Å². The van der Waals surface area contributed by atoms with E-state index < -0.39 is 0 Å². The van der Waals surface area contributed by atoms with Gasteiger partial charge in [-0.3, -0.25) is 4.79 Å². The van der Waals surface area contributed by atoms with Gasteiger partial charge in [0.15, 0.2) is 0 Å². The third kappa shape index (κ3) is 2.25. The van der Waals surface area contributed by atoms with Crippen LogP contribution in [0.5, 0.6) is 0 Å². The predicted octanol–water partition coefficient (Wildman–Crippen LogP) is 1.55. The number of esters is 1. The molecular formula is C13H17NO2. The molecule has 1 aromatic carbocycles. The summed E-state index contributed by atoms with van der Waals surface area (Å²) in [7, 11) is 1.46. The highest BCUT2D eigenvalue weighted by atomic mass is 16.5. The minimum atomic E-state index is -0.0876. The number of nitrogens with one attached hydrogen (secondary N) is 1. The Hall–Kier alpha value is -1.35. The number of rotatable bonds is 2. The van der Waals surface area contributed by atoms with Gasteiger partial charge in [-0.2, -0.15) is 0 Å². The van der Waals surface area contributed by atoms with Gasteiger partial charge in [-0.1, -0.05) is 30.3 Å². The van der Waals surface area contributed by atoms with Crippen LogP contribution in [0, 0.1) is 5.92 Å². The summed E-state index contributed by atoms with van der Waals surface area (Å²) < 4.78 is 4.87. The first-order valence-corrected chi connectivity index (χ1v) is 5.66. The van der Waals surface area contributed by atoms with Crippen molar-refractivity contribution in [3.05, 3.63) is 35.9 Å². The second-order valence-electron chi connectivity index (χ2n) is 4.14. The molecule has 2 rings (SSSR count). The van der Waals surface area contributed by atoms with Gasteiger partial charge in [0.05, 0.1) is 13.0 Å². The normalized spacial score (nSPS) is 25.1. The van der Waals surface area contributed by atoms with Crippen LogP contribution >= 0.6 is 0 Å². The van der Waals surface area contributed by atoms with Crippen molar-refractivity contribution in [1.29, 1.82) is 0 Å². The third-order valence-corrected chi connectivity index (χ3v) is 3.21. The fourth-order valence-electron chi connectivity index (χ4n) is 2.34. The van der Waals surface area contributed by atoms with E-state index in [9.17, 15) is 4.79 Å². The van der Waals surface area contributed by atoms with Gasteiger partial charge >= 0.3 is 5.97 Å². The Kier molecular flexibility index (Phi) is 3.57. The first kappa shape index (κ1) is 11.1. The molecule has 1 saturated heterocycles. The summed E-state index contributed by atoms with van der Waals surface area (Å²) in [5, 5.41) is 3.33. The zero-order chi connectivity index (χ0) is 11.4. The SMILES string of the molecule is COC(=O)[C@@H]1CCNC[C@H]1c1ccccc1. The summed E-state index contributed by atoms with van der Waals surface area (Å²) >= 11 is 0. The quantitative estimate of drug-likeness (QED) is 0.767. The maximum atomic E-state index is 11.7. The van der Waals surface area contributed by atoms with E-state index in [1.807, 2.05) is 18.2 Å². The van der Waals surface area contributed by atoms with E-state index in [-0.39, 0.29) is 17.8 Å². The van der Waals surface area contributed by atoms with Crippen molar-refractivity contribution in [2.24, 2.45) is 5.92 Å². The average Bonchev–Trinajstić information content (AvgIpc) is 2.39. The number of ether oxygens (including phenoxy) is 1. The minimum absolute atomic E-state index is 0.00588. The van der Waals surface area contributed by atoms with Gasteiger partial charge in [-0.25, -0.2) is 0 Å². The molecule has 0 aliphatic carbocycles. The van der Waals surface area contributed by atoms with Crippen molar-refractivity contribution in [2.45, 2.75) is 12.3 Å². The largest absolute Gasteiger partial charge is 0.469 e. The summed E-state index contributed by atoms with van der Waals surface area (Å²) in [5.41, 5.74) is 1.21. The molecule has 0 unspecified atom stereocenters. The van der Waals surface area contributed by atoms with E-state index in [1.165, 1.54) is 12.7 Å². The molecule has 1 aromatic rings. The van der Waals surface area contributed by atoms with Gasteiger partial charge in [0.1, 0.15) is 0 Å². The van der Waals surface area contributed by atoms with Crippen LogP contribution in [-0.4, -0.2) is 26.2 Å². The van der Waals surface area contributed by atoms with E-state index in [0.717, 1.165) is 19.5 Å². The Morgan fingerprint density at radius 1 is 1.38 bits per heavy atom. The molecule has 0 amide bonds. The Balaban J connectivity index is 2.20. The van der Waals surface area contributed by atoms with Gasteiger partial charge in [0.2, 0.25) is 0 Å². The molecule has 0 saturated carbocycles. The van der Waals surface area contributed by atoms with Crippen LogP contribution in [0.15, 0.2) is 30.3 Å². The van der Waals surface area contributed by atoms with Crippen molar-refractivity contribution < 1.29 is 9.53 Å². The Labute approximate surface area is 95.8 Å². The maximum Gasteiger partial charge on any atom is 0.309 e. The minimum Gasteiger partial charge on any atom is -0.469 e. The highest BCUT2D eigenvalue weighted by Crippen LogP contribution is 2.29. The molecule has 0 radical (unpaired) electrons. The maximum absolute atomic E-state index is 11.7. The molecule has 1 aliphatic rings. The molecule has 3 heteroatoms. The number of hydrogen-bond acceptors (Lipinski definition) is 3. The van der Waals surface area contributed by atoms with Crippen molar-refractivity contribution in [3.63, 3.8) is 0 Å². The zero-order valence-corrected chi connectivity index (χ0v) is 9.48. The summed E-state index contributed by atoms with van der Waals surface area (Å²) in [6.07, 6.45) is 0.853. The Morgan fingerprint density at radius 3 is 2.81 bits per heavy atom. The first-order valence-electron chi connectivity index (χ1n) is 5.66. The lowest BCUT2D eigenvalue weighted by atomic mass is 9.81. The van der Waals surface area contributed by atoms with Crippen LogP contribution in [0.25, 0.3) is 0 Å². The number of piperidine rings is 1. The second kappa shape index (κ2) is 5.12. The number of benzene rings is 1. The van der Waals surface area contributed by atoms with Crippen LogP contribution in [0.4, 0.5) is 0 Å². The number of methoxy groups -OCH3 is 1. The average molecular weight is 219 g/mol. The van der Waals surface area contributed by atoms with Crippen LogP contribution in [0.3, 0.4) is 0 Å². The monoisotopic (exact) mass is 219 g/mol. The summed E-state index contributed by atoms with van der Waals surface area (Å²) in [5.74, 6) is 0.145. The Bertz CT molecular complexity index is 350. The first-order chi connectivity index (χ1) is 7.83. The van der Waals surface area contributed by atoms with Crippen LogP contribution in [0.1, 0.15) is 17.9 Å². The lowest BCUT2D eigenvalue weighted by Gasteiger charge is -2.30. The Morgan fingerprint density at radius 2 is 2.12 bits per heavy atom. The fourth-order valence-corrected chi connectivity index (χ4v) is 2.34. The molecule has 16 heavy (non-hydrogen) atoms. The molecule has 86 valence electrons. The summed E-state index contributed by atoms with van der Waals surface area (Å²) in [4.78, 5) is 11.7. The molecule has 0 bridgehead atoms. The lowest BCUT2D eigenvalue weighted by molar-refractivity contribution is -0.147. The molecule has 1 aliphatic heterocycles. The van der Waals surface area contributed by atoms with E-state index in [2.05, 4.69) is 17.4 Å². The van der Waals surface area contributed by atoms with Gasteiger partial charge in [0, 0.05) is 12.5 Å². The van der Waals surface area contributed by atoms with Crippen molar-refractivity contribution in [1.82, 2.24) is 5.32 Å². The van der Waals surface area contributed by atoms with E-state index in [4.69, 9.17) is 4.74 Å². The molecule has 0 aromatic heterocycles. The van der Waals surface area contributed by atoms with Crippen LogP contribution < -0.4 is 5.32 Å². The number of carbonyl (C=O) groups excluding carboxylic acids is 1. The fraction of sp³-hybridized carbons (Fsp3) is 0.462. The standard InChI is InChI=1S/C13H17NO2/c1-16-13(15)11-7-8-14-9-12(11)10-5-3-2-4-6-10/h2-6,11-12,14H,7-9H2,1H3/t11-,12+/m1/s1. The highest BCUT2D eigenvalue weighted by molar-refractivity contribution is 5.73. The third-order valence-electron chi connectivity index (χ3n) is 3.21. The number of hydrogen-bond donors (Lipinski definition) is 1. The second-order valence-corrected chi connectivity index (χ2v) is 4.14. The van der Waals surface area contributed by atoms with Crippen molar-refractivity contribution in [2.75, 3.05) is 20.2 Å². The molecule has 1 heterocycles.